The van der Waals surface area contributed by atoms with Crippen LogP contribution in [0.15, 0.2) is 53.5 Å². The Balaban J connectivity index is 2.08. The van der Waals surface area contributed by atoms with Crippen LogP contribution in [0.4, 0.5) is 0 Å². The van der Waals surface area contributed by atoms with E-state index in [9.17, 15) is 4.79 Å². The molecule has 2 rings (SSSR count). The van der Waals surface area contributed by atoms with Crippen LogP contribution in [0.3, 0.4) is 0 Å². The van der Waals surface area contributed by atoms with Crippen molar-refractivity contribution < 1.29 is 9.53 Å². The van der Waals surface area contributed by atoms with E-state index in [1.807, 2.05) is 62.4 Å². The van der Waals surface area contributed by atoms with Gasteiger partial charge in [0.1, 0.15) is 11.5 Å². The van der Waals surface area contributed by atoms with Gasteiger partial charge >= 0.3 is 0 Å². The van der Waals surface area contributed by atoms with E-state index in [4.69, 9.17) is 4.74 Å². The van der Waals surface area contributed by atoms with Crippen molar-refractivity contribution >= 4 is 11.9 Å². The number of carbonyl (C=O) groups excluding carboxylic acids is 1. The summed E-state index contributed by atoms with van der Waals surface area (Å²) in [6.07, 6.45) is 0. The van der Waals surface area contributed by atoms with E-state index in [0.717, 1.165) is 17.1 Å². The predicted octanol–water partition coefficient (Wildman–Crippen LogP) is 2.93. The van der Waals surface area contributed by atoms with Crippen molar-refractivity contribution in [2.24, 2.45) is 4.99 Å². The summed E-state index contributed by atoms with van der Waals surface area (Å²) in [6, 6.07) is 15.8. The van der Waals surface area contributed by atoms with Crippen LogP contribution >= 0.6 is 0 Å². The minimum atomic E-state index is -0.0105. The van der Waals surface area contributed by atoms with Crippen LogP contribution in [0, 0.1) is 6.92 Å². The fourth-order valence-electron chi connectivity index (χ4n) is 2.29. The summed E-state index contributed by atoms with van der Waals surface area (Å²) in [7, 11) is 3.46. The molecule has 0 bridgehead atoms. The fraction of sp³-hybridized carbons (Fsp3) is 0.333. The molecule has 0 saturated heterocycles. The molecule has 0 fully saturated rings. The molecular weight excluding hydrogens is 340 g/mol. The summed E-state index contributed by atoms with van der Waals surface area (Å²) in [5, 5.41) is 6.20. The van der Waals surface area contributed by atoms with Gasteiger partial charge in [0.05, 0.1) is 13.1 Å². The van der Waals surface area contributed by atoms with Gasteiger partial charge < -0.3 is 20.3 Å². The number of nitrogens with zero attached hydrogens (tertiary/aromatic N) is 2. The normalized spacial score (nSPS) is 11.0. The van der Waals surface area contributed by atoms with Gasteiger partial charge in [-0.3, -0.25) is 4.79 Å². The number of ether oxygens (including phenoxy) is 1. The first-order valence-corrected chi connectivity index (χ1v) is 9.04. The molecule has 0 radical (unpaired) electrons. The van der Waals surface area contributed by atoms with Crippen molar-refractivity contribution in [2.45, 2.75) is 20.4 Å². The second-order valence-corrected chi connectivity index (χ2v) is 6.36. The SMILES string of the molecule is CCNC(=NCc1ccccc1Oc1ccc(C)cc1)NCC(=O)N(C)C. The molecule has 144 valence electrons. The lowest BCUT2D eigenvalue weighted by atomic mass is 10.2. The maximum atomic E-state index is 11.8. The molecule has 0 aliphatic heterocycles. The van der Waals surface area contributed by atoms with Gasteiger partial charge in [-0.15, -0.1) is 0 Å². The number of nitrogens with one attached hydrogen (secondary N) is 2. The molecule has 6 nitrogen and oxygen atoms in total. The Kier molecular flexibility index (Phi) is 7.67. The molecule has 27 heavy (non-hydrogen) atoms. The maximum absolute atomic E-state index is 11.8. The quantitative estimate of drug-likeness (QED) is 0.583. The van der Waals surface area contributed by atoms with Crippen molar-refractivity contribution in [3.05, 3.63) is 59.7 Å². The van der Waals surface area contributed by atoms with E-state index < -0.39 is 0 Å². The van der Waals surface area contributed by atoms with Crippen LogP contribution in [0.1, 0.15) is 18.1 Å². The first-order valence-electron chi connectivity index (χ1n) is 9.04. The molecule has 0 saturated carbocycles. The number of rotatable bonds is 7. The zero-order valence-electron chi connectivity index (χ0n) is 16.5. The molecule has 0 aliphatic carbocycles. The Bertz CT molecular complexity index is 770. The Morgan fingerprint density at radius 2 is 1.78 bits per heavy atom. The number of likely N-dealkylation sites (N-methyl/N-ethyl adjacent to an activating group) is 1. The highest BCUT2D eigenvalue weighted by molar-refractivity contribution is 5.86. The molecule has 0 atom stereocenters. The van der Waals surface area contributed by atoms with E-state index in [2.05, 4.69) is 15.6 Å². The van der Waals surface area contributed by atoms with Crippen LogP contribution < -0.4 is 15.4 Å². The Morgan fingerprint density at radius 1 is 1.07 bits per heavy atom. The molecular formula is C21H28N4O2. The highest BCUT2D eigenvalue weighted by atomic mass is 16.5. The zero-order chi connectivity index (χ0) is 19.6. The Labute approximate surface area is 161 Å². The molecule has 0 heterocycles. The summed E-state index contributed by atoms with van der Waals surface area (Å²) in [5.74, 6) is 2.14. The topological polar surface area (TPSA) is 66.0 Å². The summed E-state index contributed by atoms with van der Waals surface area (Å²) in [6.45, 7) is 5.37. The lowest BCUT2D eigenvalue weighted by Crippen LogP contribution is -2.42. The van der Waals surface area contributed by atoms with Crippen molar-refractivity contribution in [3.63, 3.8) is 0 Å². The molecule has 2 aromatic rings. The van der Waals surface area contributed by atoms with Gasteiger partial charge in [0.15, 0.2) is 5.96 Å². The third kappa shape index (κ3) is 6.66. The molecule has 2 aromatic carbocycles. The Morgan fingerprint density at radius 3 is 2.44 bits per heavy atom. The minimum Gasteiger partial charge on any atom is -0.457 e. The lowest BCUT2D eigenvalue weighted by Gasteiger charge is -2.15. The average molecular weight is 368 g/mol. The molecule has 0 spiro atoms. The van der Waals surface area contributed by atoms with Crippen LogP contribution in [0.2, 0.25) is 0 Å². The van der Waals surface area contributed by atoms with E-state index >= 15 is 0 Å². The monoisotopic (exact) mass is 368 g/mol. The molecule has 0 unspecified atom stereocenters. The molecule has 1 amide bonds. The van der Waals surface area contributed by atoms with Gasteiger partial charge in [-0.25, -0.2) is 4.99 Å². The highest BCUT2D eigenvalue weighted by Gasteiger charge is 2.07. The summed E-state index contributed by atoms with van der Waals surface area (Å²) in [4.78, 5) is 17.9. The lowest BCUT2D eigenvalue weighted by molar-refractivity contribution is -0.127. The minimum absolute atomic E-state index is 0.0105. The predicted molar refractivity (Wildman–Crippen MR) is 109 cm³/mol. The van der Waals surface area contributed by atoms with Gasteiger partial charge in [-0.1, -0.05) is 35.9 Å². The number of aryl methyl sites for hydroxylation is 1. The number of hydrogen-bond acceptors (Lipinski definition) is 3. The number of guanidine groups is 1. The van der Waals surface area contributed by atoms with E-state index in [-0.39, 0.29) is 12.5 Å². The number of para-hydroxylation sites is 1. The summed E-state index contributed by atoms with van der Waals surface area (Å²) < 4.78 is 6.02. The molecule has 0 aromatic heterocycles. The van der Waals surface area contributed by atoms with Gasteiger partial charge in [-0.05, 0) is 32.0 Å². The van der Waals surface area contributed by atoms with E-state index in [1.165, 1.54) is 5.56 Å². The highest BCUT2D eigenvalue weighted by Crippen LogP contribution is 2.26. The largest absolute Gasteiger partial charge is 0.457 e. The van der Waals surface area contributed by atoms with Gasteiger partial charge in [0.25, 0.3) is 0 Å². The number of aliphatic imine (C=N–C) groups is 1. The van der Waals surface area contributed by atoms with Crippen LogP contribution in [-0.4, -0.2) is 44.0 Å². The smallest absolute Gasteiger partial charge is 0.241 e. The van der Waals surface area contributed by atoms with Crippen molar-refractivity contribution in [2.75, 3.05) is 27.2 Å². The Hall–Kier alpha value is -3.02. The molecule has 6 heteroatoms. The number of benzene rings is 2. The van der Waals surface area contributed by atoms with Crippen LogP contribution in [0.25, 0.3) is 0 Å². The molecule has 2 N–H and O–H groups in total. The number of amides is 1. The van der Waals surface area contributed by atoms with Gasteiger partial charge in [-0.2, -0.15) is 0 Å². The number of hydrogen-bond donors (Lipinski definition) is 2. The van der Waals surface area contributed by atoms with Gasteiger partial charge in [0, 0.05) is 26.2 Å². The van der Waals surface area contributed by atoms with Crippen molar-refractivity contribution in [3.8, 4) is 11.5 Å². The average Bonchev–Trinajstić information content (AvgIpc) is 2.66. The first-order chi connectivity index (χ1) is 13.0. The standard InChI is InChI=1S/C21H28N4O2/c1-5-22-21(24-15-20(26)25(3)4)23-14-17-8-6-7-9-19(17)27-18-12-10-16(2)11-13-18/h6-13H,5,14-15H2,1-4H3,(H2,22,23,24). The second-order valence-electron chi connectivity index (χ2n) is 6.36. The maximum Gasteiger partial charge on any atom is 0.241 e. The van der Waals surface area contributed by atoms with E-state index in [0.29, 0.717) is 19.0 Å². The second kappa shape index (κ2) is 10.2. The summed E-state index contributed by atoms with van der Waals surface area (Å²) in [5.41, 5.74) is 2.16. The van der Waals surface area contributed by atoms with E-state index in [1.54, 1.807) is 19.0 Å². The third-order valence-electron chi connectivity index (χ3n) is 3.88. The van der Waals surface area contributed by atoms with Crippen molar-refractivity contribution in [1.82, 2.24) is 15.5 Å². The molecule has 0 aliphatic rings. The third-order valence-corrected chi connectivity index (χ3v) is 3.88. The number of carbonyl (C=O) groups is 1. The fourth-order valence-corrected chi connectivity index (χ4v) is 2.29. The van der Waals surface area contributed by atoms with Crippen LogP contribution in [-0.2, 0) is 11.3 Å². The van der Waals surface area contributed by atoms with Crippen molar-refractivity contribution in [1.29, 1.82) is 0 Å². The summed E-state index contributed by atoms with van der Waals surface area (Å²) >= 11 is 0. The van der Waals surface area contributed by atoms with Gasteiger partial charge in [0.2, 0.25) is 5.91 Å². The first kappa shape index (κ1) is 20.3. The zero-order valence-corrected chi connectivity index (χ0v) is 16.5. The van der Waals surface area contributed by atoms with Crippen LogP contribution in [0.5, 0.6) is 11.5 Å².